The Hall–Kier alpha value is -3.14. The summed E-state index contributed by atoms with van der Waals surface area (Å²) in [6.07, 6.45) is 12.8. The lowest BCUT2D eigenvalue weighted by Gasteiger charge is -2.09. The Morgan fingerprint density at radius 3 is 1.92 bits per heavy atom. The molecule has 0 saturated heterocycles. The van der Waals surface area contributed by atoms with Gasteiger partial charge in [-0.1, -0.05) is 95.5 Å². The van der Waals surface area contributed by atoms with Crippen molar-refractivity contribution in [2.75, 3.05) is 6.61 Å². The molecule has 3 nitrogen and oxygen atoms in total. The summed E-state index contributed by atoms with van der Waals surface area (Å²) < 4.78 is 25.7. The first-order chi connectivity index (χ1) is 18.1. The van der Waals surface area contributed by atoms with Crippen molar-refractivity contribution >= 4 is 5.97 Å². The maximum absolute atomic E-state index is 14.5. The van der Waals surface area contributed by atoms with Crippen molar-refractivity contribution in [3.63, 3.8) is 0 Å². The molecule has 0 radical (unpaired) electrons. The first-order valence-electron chi connectivity index (χ1n) is 13.9. The van der Waals surface area contributed by atoms with Gasteiger partial charge in [-0.05, 0) is 72.4 Å². The van der Waals surface area contributed by atoms with Crippen molar-refractivity contribution < 1.29 is 18.7 Å². The molecular weight excluding hydrogens is 463 g/mol. The van der Waals surface area contributed by atoms with Gasteiger partial charge >= 0.3 is 5.97 Å². The molecule has 0 saturated carbocycles. The van der Waals surface area contributed by atoms with Gasteiger partial charge in [-0.25, -0.2) is 9.18 Å². The summed E-state index contributed by atoms with van der Waals surface area (Å²) in [5, 5.41) is 0. The quantitative estimate of drug-likeness (QED) is 0.111. The van der Waals surface area contributed by atoms with Crippen molar-refractivity contribution in [1.29, 1.82) is 0 Å². The number of halogens is 1. The SMILES string of the molecule is CCCCCCCOc1ccc(-c2ccc(C(=O)Oc3ccc(CCCCCCC)cc3F)cc2)cc1. The highest BCUT2D eigenvalue weighted by atomic mass is 19.1. The second-order valence-corrected chi connectivity index (χ2v) is 9.68. The van der Waals surface area contributed by atoms with Crippen LogP contribution in [-0.4, -0.2) is 12.6 Å². The number of benzene rings is 3. The monoisotopic (exact) mass is 504 g/mol. The molecule has 0 amide bonds. The predicted octanol–water partition coefficient (Wildman–Crippen LogP) is 9.57. The Morgan fingerprint density at radius 2 is 1.30 bits per heavy atom. The molecule has 0 heterocycles. The summed E-state index contributed by atoms with van der Waals surface area (Å²) in [5.74, 6) is -0.242. The third-order valence-electron chi connectivity index (χ3n) is 6.59. The van der Waals surface area contributed by atoms with E-state index < -0.39 is 11.8 Å². The molecule has 0 aromatic heterocycles. The Balaban J connectivity index is 1.49. The van der Waals surface area contributed by atoms with Crippen LogP contribution in [0.5, 0.6) is 11.5 Å². The van der Waals surface area contributed by atoms with E-state index in [4.69, 9.17) is 9.47 Å². The van der Waals surface area contributed by atoms with E-state index in [0.717, 1.165) is 54.7 Å². The fourth-order valence-electron chi connectivity index (χ4n) is 4.31. The van der Waals surface area contributed by atoms with Gasteiger partial charge in [0.2, 0.25) is 0 Å². The summed E-state index contributed by atoms with van der Waals surface area (Å²) in [7, 11) is 0. The molecule has 3 aromatic carbocycles. The molecule has 4 heteroatoms. The number of ether oxygens (including phenoxy) is 2. The van der Waals surface area contributed by atoms with Gasteiger partial charge in [-0.3, -0.25) is 0 Å². The van der Waals surface area contributed by atoms with Crippen LogP contribution in [0, 0.1) is 5.82 Å². The standard InChI is InChI=1S/C33H41FO3/c1-3-5-7-9-11-13-26-14-23-32(31(34)25-26)37-33(35)29-17-15-27(16-18-29)28-19-21-30(22-20-28)36-24-12-10-8-6-4-2/h14-23,25H,3-13,24H2,1-2H3. The van der Waals surface area contributed by atoms with Gasteiger partial charge in [0.1, 0.15) is 5.75 Å². The Bertz CT molecular complexity index is 1070. The van der Waals surface area contributed by atoms with Crippen LogP contribution in [0.15, 0.2) is 66.7 Å². The summed E-state index contributed by atoms with van der Waals surface area (Å²) in [4.78, 5) is 12.6. The van der Waals surface area contributed by atoms with Crippen LogP contribution in [0.25, 0.3) is 11.1 Å². The average molecular weight is 505 g/mol. The molecule has 37 heavy (non-hydrogen) atoms. The minimum atomic E-state index is -0.569. The van der Waals surface area contributed by atoms with Crippen molar-refractivity contribution in [2.24, 2.45) is 0 Å². The molecule has 0 spiro atoms. The Morgan fingerprint density at radius 1 is 0.703 bits per heavy atom. The van der Waals surface area contributed by atoms with E-state index in [1.165, 1.54) is 51.0 Å². The fourth-order valence-corrected chi connectivity index (χ4v) is 4.31. The Kier molecular flexibility index (Phi) is 12.2. The van der Waals surface area contributed by atoms with Crippen molar-refractivity contribution in [3.8, 4) is 22.6 Å². The third-order valence-corrected chi connectivity index (χ3v) is 6.59. The highest BCUT2D eigenvalue weighted by molar-refractivity contribution is 5.91. The van der Waals surface area contributed by atoms with Crippen LogP contribution in [0.2, 0.25) is 0 Å². The van der Waals surface area contributed by atoms with E-state index >= 15 is 0 Å². The van der Waals surface area contributed by atoms with Gasteiger partial charge in [-0.15, -0.1) is 0 Å². The van der Waals surface area contributed by atoms with Crippen LogP contribution < -0.4 is 9.47 Å². The van der Waals surface area contributed by atoms with E-state index in [1.807, 2.05) is 42.5 Å². The number of carbonyl (C=O) groups excluding carboxylic acids is 1. The summed E-state index contributed by atoms with van der Waals surface area (Å²) in [6.45, 7) is 5.14. The highest BCUT2D eigenvalue weighted by Gasteiger charge is 2.13. The molecule has 0 fully saturated rings. The number of rotatable bonds is 16. The molecule has 0 bridgehead atoms. The number of aryl methyl sites for hydroxylation is 1. The molecule has 0 aliphatic heterocycles. The number of hydrogen-bond donors (Lipinski definition) is 0. The smallest absolute Gasteiger partial charge is 0.343 e. The summed E-state index contributed by atoms with van der Waals surface area (Å²) in [6, 6.07) is 20.0. The van der Waals surface area contributed by atoms with E-state index in [2.05, 4.69) is 13.8 Å². The van der Waals surface area contributed by atoms with E-state index in [1.54, 1.807) is 18.2 Å². The predicted molar refractivity (Wildman–Crippen MR) is 150 cm³/mol. The first kappa shape index (κ1) is 28.4. The minimum absolute atomic E-state index is 0.0373. The molecule has 0 N–H and O–H groups in total. The summed E-state index contributed by atoms with van der Waals surface area (Å²) in [5.41, 5.74) is 3.33. The van der Waals surface area contributed by atoms with Crippen molar-refractivity contribution in [2.45, 2.75) is 84.5 Å². The molecule has 198 valence electrons. The van der Waals surface area contributed by atoms with Crippen LogP contribution in [0.1, 0.15) is 94.0 Å². The molecule has 0 aliphatic rings. The third kappa shape index (κ3) is 9.68. The van der Waals surface area contributed by atoms with Gasteiger partial charge in [0.15, 0.2) is 11.6 Å². The van der Waals surface area contributed by atoms with E-state index in [9.17, 15) is 9.18 Å². The van der Waals surface area contributed by atoms with Crippen LogP contribution >= 0.6 is 0 Å². The fraction of sp³-hybridized carbons (Fsp3) is 0.424. The zero-order chi connectivity index (χ0) is 26.3. The van der Waals surface area contributed by atoms with Crippen molar-refractivity contribution in [1.82, 2.24) is 0 Å². The summed E-state index contributed by atoms with van der Waals surface area (Å²) >= 11 is 0. The average Bonchev–Trinajstić information content (AvgIpc) is 2.92. The lowest BCUT2D eigenvalue weighted by atomic mass is 10.0. The Labute approximate surface area is 222 Å². The van der Waals surface area contributed by atoms with Crippen LogP contribution in [0.3, 0.4) is 0 Å². The second kappa shape index (κ2) is 15.9. The first-order valence-corrected chi connectivity index (χ1v) is 13.9. The molecule has 0 unspecified atom stereocenters. The highest BCUT2D eigenvalue weighted by Crippen LogP contribution is 2.25. The maximum Gasteiger partial charge on any atom is 0.343 e. The van der Waals surface area contributed by atoms with Gasteiger partial charge in [0.05, 0.1) is 12.2 Å². The zero-order valence-electron chi connectivity index (χ0n) is 22.4. The van der Waals surface area contributed by atoms with Gasteiger partial charge in [0.25, 0.3) is 0 Å². The van der Waals surface area contributed by atoms with Crippen molar-refractivity contribution in [3.05, 3.63) is 83.7 Å². The molecule has 3 rings (SSSR count). The molecular formula is C33H41FO3. The minimum Gasteiger partial charge on any atom is -0.494 e. The maximum atomic E-state index is 14.5. The number of hydrogen-bond acceptors (Lipinski definition) is 3. The lowest BCUT2D eigenvalue weighted by Crippen LogP contribution is -2.09. The van der Waals surface area contributed by atoms with E-state index in [0.29, 0.717) is 5.56 Å². The van der Waals surface area contributed by atoms with Crippen LogP contribution in [0.4, 0.5) is 4.39 Å². The topological polar surface area (TPSA) is 35.5 Å². The molecule has 0 atom stereocenters. The van der Waals surface area contributed by atoms with Gasteiger partial charge in [0, 0.05) is 0 Å². The number of esters is 1. The second-order valence-electron chi connectivity index (χ2n) is 9.68. The number of unbranched alkanes of at least 4 members (excludes halogenated alkanes) is 8. The zero-order valence-corrected chi connectivity index (χ0v) is 22.4. The van der Waals surface area contributed by atoms with Gasteiger partial charge in [-0.2, -0.15) is 0 Å². The van der Waals surface area contributed by atoms with E-state index in [-0.39, 0.29) is 5.75 Å². The largest absolute Gasteiger partial charge is 0.494 e. The number of carbonyl (C=O) groups is 1. The molecule has 0 aliphatic carbocycles. The van der Waals surface area contributed by atoms with Gasteiger partial charge < -0.3 is 9.47 Å². The normalized spacial score (nSPS) is 10.9. The lowest BCUT2D eigenvalue weighted by molar-refractivity contribution is 0.0728. The molecule has 3 aromatic rings. The van der Waals surface area contributed by atoms with Crippen LogP contribution in [-0.2, 0) is 6.42 Å².